The van der Waals surface area contributed by atoms with Crippen molar-refractivity contribution in [2.45, 2.75) is 18.9 Å². The van der Waals surface area contributed by atoms with E-state index in [9.17, 15) is 14.0 Å². The number of carbonyl (C=O) groups excluding carboxylic acids is 2. The van der Waals surface area contributed by atoms with Crippen LogP contribution in [0, 0.1) is 5.82 Å². The number of nitrogens with zero attached hydrogens (tertiary/aromatic N) is 2. The third-order valence-corrected chi connectivity index (χ3v) is 5.01. The second-order valence-electron chi connectivity index (χ2n) is 6.95. The quantitative estimate of drug-likeness (QED) is 0.730. The van der Waals surface area contributed by atoms with Crippen LogP contribution in [-0.2, 0) is 4.79 Å². The van der Waals surface area contributed by atoms with E-state index in [2.05, 4.69) is 10.3 Å². The van der Waals surface area contributed by atoms with E-state index in [0.29, 0.717) is 24.3 Å². The number of likely N-dealkylation sites (tertiary alicyclic amines) is 1. The number of hydrogen-bond donors (Lipinski definition) is 1. The molecular weight excluding hydrogens is 369 g/mol. The van der Waals surface area contributed by atoms with Crippen LogP contribution in [0.1, 0.15) is 23.3 Å². The largest absolute Gasteiger partial charge is 0.325 e. The van der Waals surface area contributed by atoms with E-state index in [4.69, 9.17) is 0 Å². The van der Waals surface area contributed by atoms with E-state index >= 15 is 0 Å². The molecule has 1 N–H and O–H groups in total. The normalized spacial score (nSPS) is 15.9. The Labute approximate surface area is 168 Å². The van der Waals surface area contributed by atoms with Crippen LogP contribution in [0.15, 0.2) is 72.9 Å². The Balaban J connectivity index is 1.45. The van der Waals surface area contributed by atoms with Crippen LogP contribution in [0.3, 0.4) is 0 Å². The lowest BCUT2D eigenvalue weighted by Gasteiger charge is -2.23. The summed E-state index contributed by atoms with van der Waals surface area (Å²) in [5.41, 5.74) is 2.60. The molecule has 1 atom stereocenters. The van der Waals surface area contributed by atoms with E-state index in [1.54, 1.807) is 47.5 Å². The molecule has 4 rings (SSSR count). The van der Waals surface area contributed by atoms with Crippen molar-refractivity contribution in [1.29, 1.82) is 0 Å². The van der Waals surface area contributed by atoms with Gasteiger partial charge in [0.1, 0.15) is 17.6 Å². The zero-order valence-electron chi connectivity index (χ0n) is 15.7. The molecule has 2 heterocycles. The molecule has 3 aromatic rings. The molecule has 5 nitrogen and oxygen atoms in total. The molecule has 1 fully saturated rings. The highest BCUT2D eigenvalue weighted by atomic mass is 19.1. The maximum absolute atomic E-state index is 13.4. The number of rotatable bonds is 4. The molecule has 0 aliphatic carbocycles. The number of anilines is 1. The van der Waals surface area contributed by atoms with Crippen LogP contribution in [-0.4, -0.2) is 34.3 Å². The van der Waals surface area contributed by atoms with Crippen LogP contribution in [0.2, 0.25) is 0 Å². The van der Waals surface area contributed by atoms with Gasteiger partial charge in [0.2, 0.25) is 5.91 Å². The van der Waals surface area contributed by atoms with Gasteiger partial charge in [-0.3, -0.25) is 14.6 Å². The monoisotopic (exact) mass is 389 g/mol. The first kappa shape index (κ1) is 18.8. The Morgan fingerprint density at radius 2 is 1.83 bits per heavy atom. The van der Waals surface area contributed by atoms with Gasteiger partial charge in [0.25, 0.3) is 5.91 Å². The first-order valence-electron chi connectivity index (χ1n) is 9.51. The molecule has 1 aliphatic heterocycles. The first-order chi connectivity index (χ1) is 14.1. The zero-order valence-corrected chi connectivity index (χ0v) is 15.7. The van der Waals surface area contributed by atoms with Gasteiger partial charge in [-0.05, 0) is 60.4 Å². The summed E-state index contributed by atoms with van der Waals surface area (Å²) in [6, 6.07) is 18.2. The predicted octanol–water partition coefficient (Wildman–Crippen LogP) is 4.13. The fourth-order valence-corrected chi connectivity index (χ4v) is 3.56. The van der Waals surface area contributed by atoms with Gasteiger partial charge >= 0.3 is 0 Å². The van der Waals surface area contributed by atoms with Crippen molar-refractivity contribution < 1.29 is 14.0 Å². The van der Waals surface area contributed by atoms with Crippen molar-refractivity contribution in [2.75, 3.05) is 11.9 Å². The minimum atomic E-state index is -0.521. The Bertz CT molecular complexity index is 1020. The van der Waals surface area contributed by atoms with Gasteiger partial charge in [0, 0.05) is 18.4 Å². The molecule has 1 saturated heterocycles. The van der Waals surface area contributed by atoms with E-state index in [1.807, 2.05) is 18.2 Å². The second kappa shape index (κ2) is 8.22. The maximum Gasteiger partial charge on any atom is 0.273 e. The van der Waals surface area contributed by atoms with Crippen LogP contribution in [0.4, 0.5) is 10.1 Å². The molecule has 6 heteroatoms. The fourth-order valence-electron chi connectivity index (χ4n) is 3.56. The number of carbonyl (C=O) groups is 2. The van der Waals surface area contributed by atoms with Crippen LogP contribution >= 0.6 is 0 Å². The number of halogens is 1. The van der Waals surface area contributed by atoms with Crippen molar-refractivity contribution in [1.82, 2.24) is 9.88 Å². The van der Waals surface area contributed by atoms with E-state index in [0.717, 1.165) is 17.5 Å². The average molecular weight is 389 g/mol. The minimum absolute atomic E-state index is 0.217. The third kappa shape index (κ3) is 4.16. The summed E-state index contributed by atoms with van der Waals surface area (Å²) in [6.07, 6.45) is 2.96. The van der Waals surface area contributed by atoms with Gasteiger partial charge < -0.3 is 10.2 Å². The van der Waals surface area contributed by atoms with Gasteiger partial charge in [0.15, 0.2) is 0 Å². The molecule has 0 spiro atoms. The summed E-state index contributed by atoms with van der Waals surface area (Å²) >= 11 is 0. The molecule has 0 bridgehead atoms. The molecular formula is C23H20FN3O2. The van der Waals surface area contributed by atoms with E-state index in [-0.39, 0.29) is 17.6 Å². The van der Waals surface area contributed by atoms with Crippen LogP contribution in [0.25, 0.3) is 11.1 Å². The molecule has 0 radical (unpaired) electrons. The predicted molar refractivity (Wildman–Crippen MR) is 109 cm³/mol. The Morgan fingerprint density at radius 1 is 1.00 bits per heavy atom. The van der Waals surface area contributed by atoms with Gasteiger partial charge in [0.05, 0.1) is 0 Å². The summed E-state index contributed by atoms with van der Waals surface area (Å²) in [4.78, 5) is 31.2. The maximum atomic E-state index is 13.4. The molecule has 1 unspecified atom stereocenters. The van der Waals surface area contributed by atoms with Crippen molar-refractivity contribution in [3.63, 3.8) is 0 Å². The highest BCUT2D eigenvalue weighted by Crippen LogP contribution is 2.24. The first-order valence-corrected chi connectivity index (χ1v) is 9.51. The number of amides is 2. The third-order valence-electron chi connectivity index (χ3n) is 5.01. The molecule has 1 aromatic heterocycles. The lowest BCUT2D eigenvalue weighted by atomic mass is 10.1. The number of pyridine rings is 1. The fraction of sp³-hybridized carbons (Fsp3) is 0.174. The summed E-state index contributed by atoms with van der Waals surface area (Å²) in [5.74, 6) is -0.742. The topological polar surface area (TPSA) is 62.3 Å². The van der Waals surface area contributed by atoms with E-state index < -0.39 is 6.04 Å². The van der Waals surface area contributed by atoms with E-state index in [1.165, 1.54) is 12.1 Å². The summed E-state index contributed by atoms with van der Waals surface area (Å²) in [7, 11) is 0. The zero-order chi connectivity index (χ0) is 20.2. The lowest BCUT2D eigenvalue weighted by molar-refractivity contribution is -0.119. The highest BCUT2D eigenvalue weighted by molar-refractivity contribution is 6.00. The van der Waals surface area contributed by atoms with Crippen molar-refractivity contribution in [3.05, 3.63) is 84.4 Å². The van der Waals surface area contributed by atoms with Gasteiger partial charge in [-0.15, -0.1) is 0 Å². The molecule has 29 heavy (non-hydrogen) atoms. The smallest absolute Gasteiger partial charge is 0.273 e. The highest BCUT2D eigenvalue weighted by Gasteiger charge is 2.35. The second-order valence-corrected chi connectivity index (χ2v) is 6.95. The molecule has 0 saturated carbocycles. The lowest BCUT2D eigenvalue weighted by Crippen LogP contribution is -2.43. The number of hydrogen-bond acceptors (Lipinski definition) is 3. The van der Waals surface area contributed by atoms with Crippen LogP contribution < -0.4 is 5.32 Å². The molecule has 146 valence electrons. The molecule has 2 aromatic carbocycles. The SMILES string of the molecule is O=C(Nc1ccc(-c2cccc(F)c2)cc1)C1CCCN1C(=O)c1ccccn1. The summed E-state index contributed by atoms with van der Waals surface area (Å²) in [6.45, 7) is 0.534. The van der Waals surface area contributed by atoms with Gasteiger partial charge in [-0.1, -0.05) is 30.3 Å². The van der Waals surface area contributed by atoms with Crippen molar-refractivity contribution >= 4 is 17.5 Å². The Kier molecular flexibility index (Phi) is 5.33. The summed E-state index contributed by atoms with van der Waals surface area (Å²) < 4.78 is 13.4. The van der Waals surface area contributed by atoms with Crippen molar-refractivity contribution in [3.8, 4) is 11.1 Å². The standard InChI is InChI=1S/C23H20FN3O2/c24-18-6-3-5-17(15-18)16-9-11-19(12-10-16)26-22(28)21-8-4-14-27(21)23(29)20-7-1-2-13-25-20/h1-3,5-7,9-13,15,21H,4,8,14H2,(H,26,28). The van der Waals surface area contributed by atoms with Crippen molar-refractivity contribution in [2.24, 2.45) is 0 Å². The van der Waals surface area contributed by atoms with Gasteiger partial charge in [-0.25, -0.2) is 4.39 Å². The minimum Gasteiger partial charge on any atom is -0.325 e. The number of nitrogens with one attached hydrogen (secondary N) is 1. The number of benzene rings is 2. The Morgan fingerprint density at radius 3 is 2.55 bits per heavy atom. The van der Waals surface area contributed by atoms with Gasteiger partial charge in [-0.2, -0.15) is 0 Å². The number of aromatic nitrogens is 1. The molecule has 2 amide bonds. The molecule has 1 aliphatic rings. The summed E-state index contributed by atoms with van der Waals surface area (Å²) in [5, 5.41) is 2.88. The average Bonchev–Trinajstić information content (AvgIpc) is 3.24. The Hall–Kier alpha value is -3.54. The van der Waals surface area contributed by atoms with Crippen LogP contribution in [0.5, 0.6) is 0 Å².